The van der Waals surface area contributed by atoms with Crippen LogP contribution in [0.2, 0.25) is 0 Å². The molecule has 0 fully saturated rings. The van der Waals surface area contributed by atoms with Gasteiger partial charge in [0.2, 0.25) is 5.75 Å². The molecule has 1 aliphatic rings. The van der Waals surface area contributed by atoms with Crippen molar-refractivity contribution in [2.75, 3.05) is 7.11 Å². The van der Waals surface area contributed by atoms with Crippen molar-refractivity contribution < 1.29 is 14.2 Å². The van der Waals surface area contributed by atoms with Crippen molar-refractivity contribution in [1.82, 2.24) is 0 Å². The van der Waals surface area contributed by atoms with Gasteiger partial charge in [-0.1, -0.05) is 49.1 Å². The molecule has 0 aromatic heterocycles. The summed E-state index contributed by atoms with van der Waals surface area (Å²) in [5, 5.41) is 0. The summed E-state index contributed by atoms with van der Waals surface area (Å²) in [6.45, 7) is 4.28. The van der Waals surface area contributed by atoms with Crippen molar-refractivity contribution in [3.63, 3.8) is 0 Å². The number of ether oxygens (including phenoxy) is 3. The van der Waals surface area contributed by atoms with Gasteiger partial charge in [-0.15, -0.1) is 0 Å². The lowest BCUT2D eigenvalue weighted by molar-refractivity contribution is 0.239. The molecule has 0 saturated heterocycles. The Balaban J connectivity index is 1.87. The molecular formula is C18H18O3. The molecule has 0 bridgehead atoms. The maximum absolute atomic E-state index is 5.97. The third kappa shape index (κ3) is 2.72. The van der Waals surface area contributed by atoms with Crippen LogP contribution in [-0.4, -0.2) is 13.2 Å². The van der Waals surface area contributed by atoms with E-state index in [4.69, 9.17) is 14.2 Å². The fourth-order valence-corrected chi connectivity index (χ4v) is 2.44. The molecule has 1 atom stereocenters. The molecule has 1 heterocycles. The van der Waals surface area contributed by atoms with Gasteiger partial charge in [0, 0.05) is 12.0 Å². The van der Waals surface area contributed by atoms with Gasteiger partial charge in [-0.3, -0.25) is 0 Å². The van der Waals surface area contributed by atoms with E-state index in [-0.39, 0.29) is 6.10 Å². The van der Waals surface area contributed by atoms with Gasteiger partial charge in [-0.2, -0.15) is 0 Å². The van der Waals surface area contributed by atoms with Gasteiger partial charge >= 0.3 is 0 Å². The average Bonchev–Trinajstić information content (AvgIpc) is 2.97. The zero-order valence-corrected chi connectivity index (χ0v) is 12.0. The predicted molar refractivity (Wildman–Crippen MR) is 82.1 cm³/mol. The highest BCUT2D eigenvalue weighted by atomic mass is 16.5. The Bertz CT molecular complexity index is 634. The Morgan fingerprint density at radius 1 is 1.24 bits per heavy atom. The third-order valence-corrected chi connectivity index (χ3v) is 3.56. The average molecular weight is 282 g/mol. The van der Waals surface area contributed by atoms with Crippen molar-refractivity contribution in [3.8, 4) is 17.2 Å². The van der Waals surface area contributed by atoms with Gasteiger partial charge in [0.25, 0.3) is 0 Å². The lowest BCUT2D eigenvalue weighted by Crippen LogP contribution is -2.08. The second-order valence-corrected chi connectivity index (χ2v) is 4.96. The summed E-state index contributed by atoms with van der Waals surface area (Å²) < 4.78 is 17.3. The molecule has 0 N–H and O–H groups in total. The number of benzene rings is 2. The summed E-state index contributed by atoms with van der Waals surface area (Å²) in [5.41, 5.74) is 2.24. The highest BCUT2D eigenvalue weighted by molar-refractivity contribution is 5.58. The largest absolute Gasteiger partial charge is 0.493 e. The van der Waals surface area contributed by atoms with E-state index in [1.165, 1.54) is 0 Å². The number of rotatable bonds is 5. The fraction of sp³-hybridized carbons (Fsp3) is 0.222. The Morgan fingerprint density at radius 3 is 2.76 bits per heavy atom. The topological polar surface area (TPSA) is 27.7 Å². The summed E-state index contributed by atoms with van der Waals surface area (Å²) in [6.07, 6.45) is 2.64. The predicted octanol–water partition coefficient (Wildman–Crippen LogP) is 3.76. The zero-order valence-electron chi connectivity index (χ0n) is 12.0. The van der Waals surface area contributed by atoms with Crippen LogP contribution in [0.25, 0.3) is 0 Å². The van der Waals surface area contributed by atoms with Crippen LogP contribution in [0.15, 0.2) is 55.1 Å². The third-order valence-electron chi connectivity index (χ3n) is 3.56. The molecule has 108 valence electrons. The molecular weight excluding hydrogens is 264 g/mol. The van der Waals surface area contributed by atoms with E-state index in [0.717, 1.165) is 23.3 Å². The van der Waals surface area contributed by atoms with Crippen molar-refractivity contribution in [2.45, 2.75) is 19.1 Å². The summed E-state index contributed by atoms with van der Waals surface area (Å²) in [4.78, 5) is 0. The van der Waals surface area contributed by atoms with E-state index in [2.05, 4.69) is 6.58 Å². The highest BCUT2D eigenvalue weighted by Gasteiger charge is 2.26. The molecule has 0 radical (unpaired) electrons. The van der Waals surface area contributed by atoms with E-state index in [9.17, 15) is 0 Å². The first kappa shape index (κ1) is 13.6. The minimum absolute atomic E-state index is 0.00572. The Morgan fingerprint density at radius 2 is 2.05 bits per heavy atom. The van der Waals surface area contributed by atoms with E-state index < -0.39 is 0 Å². The minimum Gasteiger partial charge on any atom is -0.493 e. The van der Waals surface area contributed by atoms with Crippen LogP contribution >= 0.6 is 0 Å². The van der Waals surface area contributed by atoms with Crippen molar-refractivity contribution in [2.24, 2.45) is 0 Å². The van der Waals surface area contributed by atoms with Crippen molar-refractivity contribution in [1.29, 1.82) is 0 Å². The lowest BCUT2D eigenvalue weighted by atomic mass is 10.1. The lowest BCUT2D eigenvalue weighted by Gasteiger charge is -2.14. The second kappa shape index (κ2) is 5.92. The SMILES string of the molecule is C=CC1Cc2ccc(OC)c(OCc3ccccc3)c2O1. The van der Waals surface area contributed by atoms with E-state index in [0.29, 0.717) is 18.1 Å². The summed E-state index contributed by atoms with van der Waals surface area (Å²) in [5.74, 6) is 2.13. The van der Waals surface area contributed by atoms with Crippen LogP contribution < -0.4 is 14.2 Å². The van der Waals surface area contributed by atoms with Crippen LogP contribution in [0.1, 0.15) is 11.1 Å². The van der Waals surface area contributed by atoms with Crippen molar-refractivity contribution in [3.05, 3.63) is 66.2 Å². The normalized spacial score (nSPS) is 16.0. The zero-order chi connectivity index (χ0) is 14.7. The molecule has 3 nitrogen and oxygen atoms in total. The van der Waals surface area contributed by atoms with Crippen LogP contribution in [0, 0.1) is 0 Å². The van der Waals surface area contributed by atoms with Gasteiger partial charge in [-0.25, -0.2) is 0 Å². The molecule has 0 amide bonds. The minimum atomic E-state index is 0.00572. The van der Waals surface area contributed by atoms with Crippen molar-refractivity contribution >= 4 is 0 Å². The number of fused-ring (bicyclic) bond motifs is 1. The first-order chi connectivity index (χ1) is 10.3. The van der Waals surface area contributed by atoms with Gasteiger partial charge in [-0.05, 0) is 11.6 Å². The molecule has 2 aromatic carbocycles. The Kier molecular flexibility index (Phi) is 3.82. The summed E-state index contributed by atoms with van der Waals surface area (Å²) in [6, 6.07) is 14.0. The molecule has 1 aliphatic heterocycles. The van der Waals surface area contributed by atoms with Crippen LogP contribution in [-0.2, 0) is 13.0 Å². The first-order valence-corrected chi connectivity index (χ1v) is 6.97. The van der Waals surface area contributed by atoms with E-state index >= 15 is 0 Å². The number of hydrogen-bond donors (Lipinski definition) is 0. The van der Waals surface area contributed by atoms with Gasteiger partial charge < -0.3 is 14.2 Å². The molecule has 3 rings (SSSR count). The molecule has 0 saturated carbocycles. The molecule has 0 aliphatic carbocycles. The molecule has 21 heavy (non-hydrogen) atoms. The Labute approximate surface area is 124 Å². The Hall–Kier alpha value is -2.42. The van der Waals surface area contributed by atoms with E-state index in [1.807, 2.05) is 48.5 Å². The van der Waals surface area contributed by atoms with Gasteiger partial charge in [0.05, 0.1) is 7.11 Å². The van der Waals surface area contributed by atoms with E-state index in [1.54, 1.807) is 7.11 Å². The standard InChI is InChI=1S/C18H18O3/c1-3-15-11-14-9-10-16(19-2)18(17(14)21-15)20-12-13-7-5-4-6-8-13/h3-10,15H,1,11-12H2,2H3. The molecule has 1 unspecified atom stereocenters. The maximum atomic E-state index is 5.97. The summed E-state index contributed by atoms with van der Waals surface area (Å²) >= 11 is 0. The van der Waals surface area contributed by atoms with Crippen LogP contribution in [0.4, 0.5) is 0 Å². The van der Waals surface area contributed by atoms with Crippen LogP contribution in [0.5, 0.6) is 17.2 Å². The fourth-order valence-electron chi connectivity index (χ4n) is 2.44. The molecule has 2 aromatic rings. The number of methoxy groups -OCH3 is 1. The highest BCUT2D eigenvalue weighted by Crippen LogP contribution is 2.44. The van der Waals surface area contributed by atoms with Crippen LogP contribution in [0.3, 0.4) is 0 Å². The molecule has 3 heteroatoms. The summed E-state index contributed by atoms with van der Waals surface area (Å²) in [7, 11) is 1.64. The van der Waals surface area contributed by atoms with Gasteiger partial charge in [0.15, 0.2) is 11.5 Å². The monoisotopic (exact) mass is 282 g/mol. The maximum Gasteiger partial charge on any atom is 0.204 e. The second-order valence-electron chi connectivity index (χ2n) is 4.96. The number of hydrogen-bond acceptors (Lipinski definition) is 3. The molecule has 0 spiro atoms. The van der Waals surface area contributed by atoms with Gasteiger partial charge in [0.1, 0.15) is 12.7 Å². The smallest absolute Gasteiger partial charge is 0.204 e. The quantitative estimate of drug-likeness (QED) is 0.781. The first-order valence-electron chi connectivity index (χ1n) is 6.97.